The molecule has 0 aromatic heterocycles. The van der Waals surface area contributed by atoms with E-state index < -0.39 is 0 Å². The number of amides is 1. The third-order valence-corrected chi connectivity index (χ3v) is 4.46. The highest BCUT2D eigenvalue weighted by Gasteiger charge is 2.31. The first-order valence-corrected chi connectivity index (χ1v) is 7.43. The Balaban J connectivity index is 2.20. The molecular formula is C13H15Br2NO2. The van der Waals surface area contributed by atoms with Crippen LogP contribution in [-0.2, 0) is 4.74 Å². The molecule has 0 spiro atoms. The van der Waals surface area contributed by atoms with Gasteiger partial charge in [-0.1, -0.05) is 15.9 Å². The fraction of sp³-hybridized carbons (Fsp3) is 0.462. The van der Waals surface area contributed by atoms with Crippen LogP contribution >= 0.6 is 31.9 Å². The van der Waals surface area contributed by atoms with E-state index >= 15 is 0 Å². The summed E-state index contributed by atoms with van der Waals surface area (Å²) in [4.78, 5) is 14.2. The molecule has 0 N–H and O–H groups in total. The highest BCUT2D eigenvalue weighted by molar-refractivity contribution is 9.11. The molecule has 1 amide bonds. The maximum Gasteiger partial charge on any atom is 0.255 e. The number of carbonyl (C=O) groups is 1. The van der Waals surface area contributed by atoms with Crippen LogP contribution in [0.15, 0.2) is 27.1 Å². The maximum atomic E-state index is 12.4. The number of nitrogens with zero attached hydrogens (tertiary/aromatic N) is 1. The zero-order chi connectivity index (χ0) is 13.3. The van der Waals surface area contributed by atoms with Gasteiger partial charge in [-0.05, 0) is 47.5 Å². The lowest BCUT2D eigenvalue weighted by Gasteiger charge is -2.27. The van der Waals surface area contributed by atoms with Crippen LogP contribution < -0.4 is 0 Å². The van der Waals surface area contributed by atoms with Crippen molar-refractivity contribution in [3.8, 4) is 0 Å². The average molecular weight is 377 g/mol. The van der Waals surface area contributed by atoms with Crippen molar-refractivity contribution in [2.75, 3.05) is 13.7 Å². The predicted octanol–water partition coefficient (Wildman–Crippen LogP) is 3.46. The van der Waals surface area contributed by atoms with Crippen LogP contribution in [0.4, 0.5) is 0 Å². The smallest absolute Gasteiger partial charge is 0.255 e. The summed E-state index contributed by atoms with van der Waals surface area (Å²) in [6, 6.07) is 5.75. The number of ether oxygens (including phenoxy) is 1. The Morgan fingerprint density at radius 2 is 2.17 bits per heavy atom. The van der Waals surface area contributed by atoms with E-state index in [9.17, 15) is 4.79 Å². The van der Waals surface area contributed by atoms with Crippen molar-refractivity contribution < 1.29 is 9.53 Å². The quantitative estimate of drug-likeness (QED) is 0.790. The second-order valence-corrected chi connectivity index (χ2v) is 6.24. The maximum absolute atomic E-state index is 12.4. The minimum absolute atomic E-state index is 0.0247. The molecule has 0 bridgehead atoms. The van der Waals surface area contributed by atoms with Gasteiger partial charge in [0, 0.05) is 22.6 Å². The first kappa shape index (κ1) is 14.0. The Bertz CT molecular complexity index is 464. The molecule has 0 saturated carbocycles. The fourth-order valence-electron chi connectivity index (χ4n) is 2.23. The lowest BCUT2D eigenvalue weighted by atomic mass is 10.1. The van der Waals surface area contributed by atoms with E-state index in [0.29, 0.717) is 5.56 Å². The van der Waals surface area contributed by atoms with E-state index in [1.807, 2.05) is 32.2 Å². The van der Waals surface area contributed by atoms with Crippen molar-refractivity contribution >= 4 is 37.8 Å². The van der Waals surface area contributed by atoms with Gasteiger partial charge in [0.25, 0.3) is 5.91 Å². The molecule has 1 aromatic carbocycles. The lowest BCUT2D eigenvalue weighted by molar-refractivity contribution is 0.0574. The third-order valence-electron chi connectivity index (χ3n) is 3.32. The molecule has 1 saturated heterocycles. The molecule has 1 fully saturated rings. The van der Waals surface area contributed by atoms with E-state index in [2.05, 4.69) is 31.9 Å². The van der Waals surface area contributed by atoms with Gasteiger partial charge in [0.1, 0.15) is 0 Å². The molecule has 1 heterocycles. The van der Waals surface area contributed by atoms with Crippen molar-refractivity contribution in [3.63, 3.8) is 0 Å². The van der Waals surface area contributed by atoms with Gasteiger partial charge in [-0.25, -0.2) is 0 Å². The number of rotatable bonds is 2. The zero-order valence-corrected chi connectivity index (χ0v) is 13.5. The predicted molar refractivity (Wildman–Crippen MR) is 77.8 cm³/mol. The summed E-state index contributed by atoms with van der Waals surface area (Å²) in [5.41, 5.74) is 0.680. The molecule has 18 heavy (non-hydrogen) atoms. The first-order valence-electron chi connectivity index (χ1n) is 5.84. The highest BCUT2D eigenvalue weighted by atomic mass is 79.9. The van der Waals surface area contributed by atoms with Gasteiger partial charge < -0.3 is 9.64 Å². The van der Waals surface area contributed by atoms with Crippen molar-refractivity contribution in [1.82, 2.24) is 4.90 Å². The molecule has 1 aromatic rings. The molecule has 5 heteroatoms. The monoisotopic (exact) mass is 375 g/mol. The SMILES string of the molecule is CC1OCCC1N(C)C(=O)c1ccc(Br)cc1Br. The Morgan fingerprint density at radius 3 is 2.72 bits per heavy atom. The molecule has 0 radical (unpaired) electrons. The Hall–Kier alpha value is -0.390. The summed E-state index contributed by atoms with van der Waals surface area (Å²) < 4.78 is 7.26. The minimum Gasteiger partial charge on any atom is -0.376 e. The van der Waals surface area contributed by atoms with Crippen LogP contribution in [0.3, 0.4) is 0 Å². The summed E-state index contributed by atoms with van der Waals surface area (Å²) in [6.45, 7) is 2.74. The van der Waals surface area contributed by atoms with E-state index in [0.717, 1.165) is 22.0 Å². The summed E-state index contributed by atoms with van der Waals surface area (Å²) in [7, 11) is 1.84. The minimum atomic E-state index is 0.0247. The Morgan fingerprint density at radius 1 is 1.44 bits per heavy atom. The topological polar surface area (TPSA) is 29.5 Å². The van der Waals surface area contributed by atoms with Gasteiger partial charge in [0.2, 0.25) is 0 Å². The van der Waals surface area contributed by atoms with Crippen molar-refractivity contribution in [1.29, 1.82) is 0 Å². The van der Waals surface area contributed by atoms with Crippen LogP contribution in [0.25, 0.3) is 0 Å². The number of likely N-dealkylation sites (N-methyl/N-ethyl adjacent to an activating group) is 1. The number of carbonyl (C=O) groups excluding carboxylic acids is 1. The normalized spacial score (nSPS) is 23.1. The molecule has 1 aliphatic rings. The molecule has 2 unspecified atom stereocenters. The van der Waals surface area contributed by atoms with Gasteiger partial charge in [0.15, 0.2) is 0 Å². The third kappa shape index (κ3) is 2.78. The van der Waals surface area contributed by atoms with E-state index in [4.69, 9.17) is 4.74 Å². The molecule has 2 atom stereocenters. The summed E-state index contributed by atoms with van der Waals surface area (Å²) in [5, 5.41) is 0. The molecule has 2 rings (SSSR count). The summed E-state index contributed by atoms with van der Waals surface area (Å²) in [6.07, 6.45) is 1.01. The highest BCUT2D eigenvalue weighted by Crippen LogP contribution is 2.25. The van der Waals surface area contributed by atoms with Crippen molar-refractivity contribution in [2.45, 2.75) is 25.5 Å². The first-order chi connectivity index (χ1) is 8.50. The average Bonchev–Trinajstić information content (AvgIpc) is 2.74. The van der Waals surface area contributed by atoms with Crippen LogP contribution in [-0.4, -0.2) is 36.6 Å². The van der Waals surface area contributed by atoms with Gasteiger partial charge in [-0.15, -0.1) is 0 Å². The molecule has 3 nitrogen and oxygen atoms in total. The summed E-state index contributed by atoms with van der Waals surface area (Å²) in [5.74, 6) is 0.0247. The van der Waals surface area contributed by atoms with Crippen LogP contribution in [0, 0.1) is 0 Å². The molecule has 0 aliphatic carbocycles. The van der Waals surface area contributed by atoms with E-state index in [-0.39, 0.29) is 18.1 Å². The largest absolute Gasteiger partial charge is 0.376 e. The standard InChI is InChI=1S/C13H15Br2NO2/c1-8-12(5-6-18-8)16(2)13(17)10-4-3-9(14)7-11(10)15/h3-4,7-8,12H,5-6H2,1-2H3. The van der Waals surface area contributed by atoms with Gasteiger partial charge in [-0.2, -0.15) is 0 Å². The fourth-order valence-corrected chi connectivity index (χ4v) is 3.45. The zero-order valence-electron chi connectivity index (χ0n) is 10.3. The second kappa shape index (κ2) is 5.72. The Kier molecular flexibility index (Phi) is 4.45. The number of hydrogen-bond donors (Lipinski definition) is 0. The number of hydrogen-bond acceptors (Lipinski definition) is 2. The van der Waals surface area contributed by atoms with Gasteiger partial charge in [-0.3, -0.25) is 4.79 Å². The molecule has 1 aliphatic heterocycles. The number of halogens is 2. The lowest BCUT2D eigenvalue weighted by Crippen LogP contribution is -2.41. The Labute approximate surface area is 124 Å². The van der Waals surface area contributed by atoms with Crippen molar-refractivity contribution in [2.24, 2.45) is 0 Å². The van der Waals surface area contributed by atoms with E-state index in [1.54, 1.807) is 4.90 Å². The summed E-state index contributed by atoms with van der Waals surface area (Å²) >= 11 is 6.81. The van der Waals surface area contributed by atoms with Gasteiger partial charge >= 0.3 is 0 Å². The van der Waals surface area contributed by atoms with Crippen molar-refractivity contribution in [3.05, 3.63) is 32.7 Å². The van der Waals surface area contributed by atoms with E-state index in [1.165, 1.54) is 0 Å². The number of benzene rings is 1. The van der Waals surface area contributed by atoms with Crippen LogP contribution in [0.1, 0.15) is 23.7 Å². The second-order valence-electron chi connectivity index (χ2n) is 4.47. The van der Waals surface area contributed by atoms with Gasteiger partial charge in [0.05, 0.1) is 17.7 Å². The molecule has 98 valence electrons. The van der Waals surface area contributed by atoms with Crippen LogP contribution in [0.5, 0.6) is 0 Å². The van der Waals surface area contributed by atoms with Crippen LogP contribution in [0.2, 0.25) is 0 Å². The molecular weight excluding hydrogens is 362 g/mol.